The molecule has 0 spiro atoms. The van der Waals surface area contributed by atoms with E-state index in [4.69, 9.17) is 20.1 Å². The highest BCUT2D eigenvalue weighted by Gasteiger charge is 2.35. The van der Waals surface area contributed by atoms with Gasteiger partial charge in [0.05, 0.1) is 32.2 Å². The molecule has 0 atom stereocenters. The van der Waals surface area contributed by atoms with Gasteiger partial charge >= 0.3 is 6.09 Å². The van der Waals surface area contributed by atoms with Gasteiger partial charge in [-0.3, -0.25) is 0 Å². The Labute approximate surface area is 116 Å². The maximum atomic E-state index is 12.2. The molecule has 1 aliphatic rings. The third-order valence-corrected chi connectivity index (χ3v) is 1.81. The number of likely N-dealkylation sites (tertiary alicyclic amines) is 1. The van der Waals surface area contributed by atoms with Crippen LogP contribution in [0.2, 0.25) is 0 Å². The van der Waals surface area contributed by atoms with E-state index >= 15 is 0 Å². The fourth-order valence-corrected chi connectivity index (χ4v) is 1.11. The van der Waals surface area contributed by atoms with Crippen molar-refractivity contribution in [2.24, 2.45) is 0 Å². The van der Waals surface area contributed by atoms with Gasteiger partial charge in [0.1, 0.15) is 11.4 Å². The number of nitrogens with zero attached hydrogens (tertiary/aromatic N) is 3. The number of nitrogens with two attached hydrogens (primary N) is 1. The molecule has 0 bridgehead atoms. The van der Waals surface area contributed by atoms with Crippen LogP contribution in [-0.4, -0.2) is 39.6 Å². The molecule has 1 fully saturated rings. The maximum Gasteiger partial charge on any atom is 0.410 e. The number of hydrogen-bond acceptors (Lipinski definition) is 5. The molecule has 1 aliphatic heterocycles. The third kappa shape index (κ3) is 2.88. The van der Waals surface area contributed by atoms with Gasteiger partial charge in [-0.15, -0.1) is 0 Å². The summed E-state index contributed by atoms with van der Waals surface area (Å²) in [7, 11) is 0. The summed E-state index contributed by atoms with van der Waals surface area (Å²) in [5.41, 5.74) is 4.03. The molecule has 0 aromatic carbocycles. The highest BCUT2D eigenvalue weighted by Crippen LogP contribution is 2.26. The largest absolute Gasteiger partial charge is 0.444 e. The summed E-state index contributed by atoms with van der Waals surface area (Å²) < 4.78 is 60.6. The number of carbonyl (C=O) groups excluding carboxylic acids is 1. The smallest absolute Gasteiger partial charge is 0.410 e. The first-order valence-electron chi connectivity index (χ1n) is 8.72. The summed E-state index contributed by atoms with van der Waals surface area (Å²) in [6, 6.07) is 0. The van der Waals surface area contributed by atoms with Crippen molar-refractivity contribution in [3.05, 3.63) is 18.2 Å². The van der Waals surface area contributed by atoms with Crippen LogP contribution in [0, 0.1) is 0 Å². The maximum absolute atomic E-state index is 12.2. The van der Waals surface area contributed by atoms with Gasteiger partial charge in [0.2, 0.25) is 0 Å². The van der Waals surface area contributed by atoms with Crippen molar-refractivity contribution in [1.82, 2.24) is 14.9 Å². The number of anilines is 1. The average Bonchev–Trinajstić information content (AvgIpc) is 2.39. The molecule has 0 radical (unpaired) electrons. The molecule has 1 amide bonds. The van der Waals surface area contributed by atoms with E-state index < -0.39 is 48.8 Å². The lowest BCUT2D eigenvalue weighted by atomic mass is 10.00. The molecule has 2 N–H and O–H groups in total. The summed E-state index contributed by atoms with van der Waals surface area (Å²) in [5.74, 6) is -3.51. The van der Waals surface area contributed by atoms with Crippen molar-refractivity contribution in [1.29, 1.82) is 0 Å². The van der Waals surface area contributed by atoms with Crippen LogP contribution in [0.25, 0.3) is 0 Å². The molecular formula is C12H18N4O2. The van der Waals surface area contributed by atoms with Crippen molar-refractivity contribution in [2.45, 2.75) is 32.3 Å². The van der Waals surface area contributed by atoms with Crippen LogP contribution in [0.1, 0.15) is 42.1 Å². The van der Waals surface area contributed by atoms with E-state index in [0.29, 0.717) is 0 Å². The summed E-state index contributed by atoms with van der Waals surface area (Å²) in [6.45, 7) is -1.16. The fraction of sp³-hybridized carbons (Fsp3) is 0.583. The number of amides is 1. The first-order valence-corrected chi connectivity index (χ1v) is 5.22. The monoisotopic (exact) mass is 257 g/mol. The van der Waals surface area contributed by atoms with Gasteiger partial charge in [-0.25, -0.2) is 14.8 Å². The lowest BCUT2D eigenvalue weighted by Gasteiger charge is -2.38. The van der Waals surface area contributed by atoms with E-state index in [1.165, 1.54) is 20.8 Å². The second-order valence-corrected chi connectivity index (χ2v) is 4.60. The van der Waals surface area contributed by atoms with Gasteiger partial charge in [0.25, 0.3) is 0 Å². The highest BCUT2D eigenvalue weighted by molar-refractivity contribution is 5.69. The zero-order valence-corrected chi connectivity index (χ0v) is 10.2. The van der Waals surface area contributed by atoms with Gasteiger partial charge in [0, 0.05) is 14.4 Å². The van der Waals surface area contributed by atoms with E-state index in [1.54, 1.807) is 0 Å². The van der Waals surface area contributed by atoms with Crippen LogP contribution in [0.4, 0.5) is 10.5 Å². The van der Waals surface area contributed by atoms with Crippen molar-refractivity contribution >= 4 is 11.8 Å². The standard InChI is InChI=1S/C12H18N4O2/c1-12(2,3)18-11(17)16-6-8(7-16)10-14-4-9(13)5-15-10/h4-5,8H,6-7,13H2,1-3H3/i4D,5D,6D2,7D2,8D. The number of rotatable bonds is 1. The molecule has 98 valence electrons. The summed E-state index contributed by atoms with van der Waals surface area (Å²) in [6.07, 6.45) is -2.52. The Morgan fingerprint density at radius 3 is 2.67 bits per heavy atom. The molecule has 0 aliphatic carbocycles. The summed E-state index contributed by atoms with van der Waals surface area (Å²) in [4.78, 5) is 19.4. The molecule has 1 saturated heterocycles. The van der Waals surface area contributed by atoms with E-state index in [-0.39, 0.29) is 10.6 Å². The first kappa shape index (κ1) is 6.36. The number of carbonyl (C=O) groups is 1. The predicted octanol–water partition coefficient (Wildman–Crippen LogP) is 1.39. The molecule has 2 heterocycles. The molecule has 1 aromatic rings. The van der Waals surface area contributed by atoms with Crippen LogP contribution >= 0.6 is 0 Å². The predicted molar refractivity (Wildman–Crippen MR) is 67.0 cm³/mol. The first-order chi connectivity index (χ1) is 11.1. The van der Waals surface area contributed by atoms with E-state index in [1.807, 2.05) is 0 Å². The van der Waals surface area contributed by atoms with Gasteiger partial charge in [0.15, 0.2) is 0 Å². The highest BCUT2D eigenvalue weighted by atomic mass is 16.6. The van der Waals surface area contributed by atoms with E-state index in [0.717, 1.165) is 0 Å². The molecule has 6 nitrogen and oxygen atoms in total. The third-order valence-electron chi connectivity index (χ3n) is 1.81. The molecule has 1 aromatic heterocycles. The zero-order valence-electron chi connectivity index (χ0n) is 17.2. The minimum atomic E-state index is -2.88. The second kappa shape index (κ2) is 4.44. The molecule has 0 saturated carbocycles. The van der Waals surface area contributed by atoms with E-state index in [2.05, 4.69) is 9.97 Å². The Hall–Kier alpha value is -1.85. The Morgan fingerprint density at radius 1 is 1.61 bits per heavy atom. The van der Waals surface area contributed by atoms with Crippen molar-refractivity contribution in [2.75, 3.05) is 18.7 Å². The number of ether oxygens (including phenoxy) is 1. The topological polar surface area (TPSA) is 81.3 Å². The van der Waals surface area contributed by atoms with Crippen molar-refractivity contribution < 1.29 is 19.1 Å². The SMILES string of the molecule is [2H]c1nc(C2([2H])C([2H])([2H])N(C(=O)OC(C)(C)C)C2([2H])[2H])nc([2H])c1N. The van der Waals surface area contributed by atoms with Crippen molar-refractivity contribution in [3.8, 4) is 0 Å². The zero-order chi connectivity index (χ0) is 19.6. The van der Waals surface area contributed by atoms with Gasteiger partial charge in [-0.2, -0.15) is 0 Å². The Kier molecular flexibility index (Phi) is 1.57. The lowest BCUT2D eigenvalue weighted by molar-refractivity contribution is 0.00752. The van der Waals surface area contributed by atoms with Gasteiger partial charge < -0.3 is 15.4 Å². The molecule has 0 unspecified atom stereocenters. The Balaban J connectivity index is 2.52. The lowest BCUT2D eigenvalue weighted by Crippen LogP contribution is -2.50. The summed E-state index contributed by atoms with van der Waals surface area (Å²) >= 11 is 0. The van der Waals surface area contributed by atoms with Crippen LogP contribution in [0.3, 0.4) is 0 Å². The van der Waals surface area contributed by atoms with Crippen molar-refractivity contribution in [3.63, 3.8) is 0 Å². The number of nitrogen functional groups attached to an aromatic ring is 1. The molecule has 6 heteroatoms. The molecule has 18 heavy (non-hydrogen) atoms. The number of hydrogen-bond donors (Lipinski definition) is 1. The normalized spacial score (nSPS) is 29.3. The Morgan fingerprint density at radius 2 is 2.17 bits per heavy atom. The average molecular weight is 257 g/mol. The number of aromatic nitrogens is 2. The van der Waals surface area contributed by atoms with Crippen LogP contribution in [-0.2, 0) is 4.74 Å². The quantitative estimate of drug-likeness (QED) is 0.822. The van der Waals surface area contributed by atoms with Gasteiger partial charge in [-0.05, 0) is 20.8 Å². The van der Waals surface area contributed by atoms with Crippen LogP contribution in [0.5, 0.6) is 0 Å². The minimum absolute atomic E-state index is 0.158. The van der Waals surface area contributed by atoms with Crippen LogP contribution in [0.15, 0.2) is 12.3 Å². The second-order valence-electron chi connectivity index (χ2n) is 4.60. The molecule has 2 rings (SSSR count). The van der Waals surface area contributed by atoms with Crippen LogP contribution < -0.4 is 5.73 Å². The fourth-order valence-electron chi connectivity index (χ4n) is 1.11. The van der Waals surface area contributed by atoms with Gasteiger partial charge in [-0.1, -0.05) is 0 Å². The van der Waals surface area contributed by atoms with E-state index in [9.17, 15) is 4.79 Å². The Bertz CT molecular complexity index is 696. The minimum Gasteiger partial charge on any atom is -0.444 e. The molecular weight excluding hydrogens is 232 g/mol. The summed E-state index contributed by atoms with van der Waals surface area (Å²) in [5, 5.41) is 0.